The summed E-state index contributed by atoms with van der Waals surface area (Å²) in [5.41, 5.74) is 0.467. The summed E-state index contributed by atoms with van der Waals surface area (Å²) in [4.78, 5) is 22.8. The minimum Gasteiger partial charge on any atom is -0.481 e. The minimum absolute atomic E-state index is 0.0281. The SMILES string of the molecule is O=C(O)CCS(=O)(=O)c1ccc2c(c1)NC(=O)CCS2. The van der Waals surface area contributed by atoms with E-state index in [1.54, 1.807) is 6.07 Å². The maximum atomic E-state index is 12.0. The number of hydrogen-bond donors (Lipinski definition) is 2. The number of thioether (sulfide) groups is 1. The normalized spacial score (nSPS) is 15.1. The van der Waals surface area contributed by atoms with Crippen LogP contribution in [0.2, 0.25) is 0 Å². The molecule has 0 spiro atoms. The van der Waals surface area contributed by atoms with Crippen LogP contribution in [0.1, 0.15) is 12.8 Å². The summed E-state index contributed by atoms with van der Waals surface area (Å²) in [6, 6.07) is 4.47. The van der Waals surface area contributed by atoms with Crippen LogP contribution < -0.4 is 5.32 Å². The first-order valence-electron chi connectivity index (χ1n) is 5.90. The maximum Gasteiger partial charge on any atom is 0.304 e. The van der Waals surface area contributed by atoms with Gasteiger partial charge in [0.15, 0.2) is 9.84 Å². The Balaban J connectivity index is 2.30. The molecule has 2 rings (SSSR count). The number of carboxylic acids is 1. The Bertz CT molecular complexity index is 654. The second-order valence-electron chi connectivity index (χ2n) is 4.27. The molecule has 0 aromatic heterocycles. The van der Waals surface area contributed by atoms with E-state index in [0.717, 1.165) is 4.90 Å². The van der Waals surface area contributed by atoms with Crippen LogP contribution in [0.15, 0.2) is 28.0 Å². The predicted molar refractivity (Wildman–Crippen MR) is 74.7 cm³/mol. The number of amides is 1. The number of nitrogens with one attached hydrogen (secondary N) is 1. The molecule has 1 amide bonds. The topological polar surface area (TPSA) is 101 Å². The van der Waals surface area contributed by atoms with E-state index in [1.807, 2.05) is 0 Å². The zero-order valence-corrected chi connectivity index (χ0v) is 12.1. The van der Waals surface area contributed by atoms with Crippen molar-refractivity contribution >= 4 is 39.2 Å². The Morgan fingerprint density at radius 3 is 2.85 bits per heavy atom. The molecule has 8 heteroatoms. The van der Waals surface area contributed by atoms with Gasteiger partial charge in [0.2, 0.25) is 5.91 Å². The van der Waals surface area contributed by atoms with E-state index >= 15 is 0 Å². The number of aliphatic carboxylic acids is 1. The first kappa shape index (κ1) is 14.9. The largest absolute Gasteiger partial charge is 0.481 e. The highest BCUT2D eigenvalue weighted by Gasteiger charge is 2.20. The monoisotopic (exact) mass is 315 g/mol. The van der Waals surface area contributed by atoms with Crippen molar-refractivity contribution in [2.24, 2.45) is 0 Å². The van der Waals surface area contributed by atoms with E-state index in [1.165, 1.54) is 23.9 Å². The third-order valence-electron chi connectivity index (χ3n) is 2.76. The number of carbonyl (C=O) groups excluding carboxylic acids is 1. The zero-order chi connectivity index (χ0) is 14.8. The maximum absolute atomic E-state index is 12.0. The van der Waals surface area contributed by atoms with E-state index in [0.29, 0.717) is 17.9 Å². The number of carbonyl (C=O) groups is 2. The first-order chi connectivity index (χ1) is 9.38. The predicted octanol–water partition coefficient (Wildman–Crippen LogP) is 1.37. The molecule has 0 fully saturated rings. The lowest BCUT2D eigenvalue weighted by Crippen LogP contribution is -2.13. The molecule has 1 aromatic carbocycles. The van der Waals surface area contributed by atoms with Crippen LogP contribution in [0.3, 0.4) is 0 Å². The molecular formula is C12H13NO5S2. The molecule has 0 saturated heterocycles. The Morgan fingerprint density at radius 2 is 2.15 bits per heavy atom. The molecule has 0 saturated carbocycles. The smallest absolute Gasteiger partial charge is 0.304 e. The molecule has 108 valence electrons. The van der Waals surface area contributed by atoms with Gasteiger partial charge in [0, 0.05) is 17.1 Å². The van der Waals surface area contributed by atoms with Crippen LogP contribution in [-0.2, 0) is 19.4 Å². The summed E-state index contributed by atoms with van der Waals surface area (Å²) in [5, 5.41) is 11.2. The van der Waals surface area contributed by atoms with Gasteiger partial charge in [-0.2, -0.15) is 0 Å². The van der Waals surface area contributed by atoms with Crippen molar-refractivity contribution in [2.75, 3.05) is 16.8 Å². The number of anilines is 1. The third kappa shape index (κ3) is 3.51. The standard InChI is InChI=1S/C12H13NO5S2/c14-11-3-5-19-10-2-1-8(7-9(10)13-11)20(17,18)6-4-12(15)16/h1-2,7H,3-6H2,(H,13,14)(H,15,16). The fourth-order valence-electron chi connectivity index (χ4n) is 1.73. The molecule has 1 aliphatic rings. The molecule has 0 bridgehead atoms. The van der Waals surface area contributed by atoms with Crippen molar-refractivity contribution in [1.29, 1.82) is 0 Å². The lowest BCUT2D eigenvalue weighted by atomic mass is 10.3. The molecule has 2 N–H and O–H groups in total. The second kappa shape index (κ2) is 5.84. The Labute approximate surface area is 120 Å². The van der Waals surface area contributed by atoms with Crippen molar-refractivity contribution < 1.29 is 23.1 Å². The fraction of sp³-hybridized carbons (Fsp3) is 0.333. The van der Waals surface area contributed by atoms with Gasteiger partial charge in [0.25, 0.3) is 0 Å². The quantitative estimate of drug-likeness (QED) is 0.870. The number of rotatable bonds is 4. The van der Waals surface area contributed by atoms with E-state index in [2.05, 4.69) is 5.32 Å². The fourth-order valence-corrected chi connectivity index (χ4v) is 3.92. The Hall–Kier alpha value is -1.54. The van der Waals surface area contributed by atoms with Crippen LogP contribution in [0, 0.1) is 0 Å². The molecule has 6 nitrogen and oxygen atoms in total. The zero-order valence-electron chi connectivity index (χ0n) is 10.5. The van der Waals surface area contributed by atoms with Crippen molar-refractivity contribution in [3.63, 3.8) is 0 Å². The van der Waals surface area contributed by atoms with Gasteiger partial charge in [0.1, 0.15) is 0 Å². The molecule has 0 atom stereocenters. The molecule has 0 unspecified atom stereocenters. The van der Waals surface area contributed by atoms with E-state index in [9.17, 15) is 18.0 Å². The molecule has 20 heavy (non-hydrogen) atoms. The van der Waals surface area contributed by atoms with E-state index in [4.69, 9.17) is 5.11 Å². The molecule has 0 aliphatic carbocycles. The van der Waals surface area contributed by atoms with E-state index in [-0.39, 0.29) is 10.8 Å². The highest BCUT2D eigenvalue weighted by atomic mass is 32.2. The molecule has 1 aliphatic heterocycles. The second-order valence-corrected chi connectivity index (χ2v) is 7.51. The third-order valence-corrected chi connectivity index (χ3v) is 5.54. The van der Waals surface area contributed by atoms with Gasteiger partial charge in [-0.1, -0.05) is 0 Å². The van der Waals surface area contributed by atoms with Crippen LogP contribution in [0.25, 0.3) is 0 Å². The van der Waals surface area contributed by atoms with Gasteiger partial charge in [-0.25, -0.2) is 8.42 Å². The molecule has 1 aromatic rings. The Morgan fingerprint density at radius 1 is 1.40 bits per heavy atom. The van der Waals surface area contributed by atoms with Gasteiger partial charge in [-0.05, 0) is 18.2 Å². The highest BCUT2D eigenvalue weighted by molar-refractivity contribution is 7.99. The lowest BCUT2D eigenvalue weighted by molar-refractivity contribution is -0.136. The van der Waals surface area contributed by atoms with Crippen molar-refractivity contribution in [2.45, 2.75) is 22.6 Å². The summed E-state index contributed by atoms with van der Waals surface area (Å²) < 4.78 is 24.0. The molecule has 1 heterocycles. The number of carboxylic acid groups (broad SMARTS) is 1. The van der Waals surface area contributed by atoms with Crippen molar-refractivity contribution in [1.82, 2.24) is 0 Å². The Kier molecular flexibility index (Phi) is 4.34. The van der Waals surface area contributed by atoms with Gasteiger partial charge in [-0.3, -0.25) is 9.59 Å². The van der Waals surface area contributed by atoms with Gasteiger partial charge in [-0.15, -0.1) is 11.8 Å². The average Bonchev–Trinajstić information content (AvgIpc) is 2.56. The van der Waals surface area contributed by atoms with Crippen LogP contribution in [-0.4, -0.2) is 36.9 Å². The molecular weight excluding hydrogens is 302 g/mol. The highest BCUT2D eigenvalue weighted by Crippen LogP contribution is 2.32. The lowest BCUT2D eigenvalue weighted by Gasteiger charge is -2.09. The van der Waals surface area contributed by atoms with Gasteiger partial charge < -0.3 is 10.4 Å². The average molecular weight is 315 g/mol. The van der Waals surface area contributed by atoms with Crippen LogP contribution in [0.5, 0.6) is 0 Å². The summed E-state index contributed by atoms with van der Waals surface area (Å²) >= 11 is 1.48. The number of hydrogen-bond acceptors (Lipinski definition) is 5. The van der Waals surface area contributed by atoms with Gasteiger partial charge >= 0.3 is 5.97 Å². The van der Waals surface area contributed by atoms with Crippen molar-refractivity contribution in [3.8, 4) is 0 Å². The summed E-state index contributed by atoms with van der Waals surface area (Å²) in [6.07, 6.45) is -0.0685. The summed E-state index contributed by atoms with van der Waals surface area (Å²) in [6.45, 7) is 0. The van der Waals surface area contributed by atoms with Crippen molar-refractivity contribution in [3.05, 3.63) is 18.2 Å². The number of fused-ring (bicyclic) bond motifs is 1. The van der Waals surface area contributed by atoms with E-state index < -0.39 is 28.0 Å². The molecule has 0 radical (unpaired) electrons. The first-order valence-corrected chi connectivity index (χ1v) is 8.53. The summed E-state index contributed by atoms with van der Waals surface area (Å²) in [5.74, 6) is -1.13. The van der Waals surface area contributed by atoms with Crippen LogP contribution in [0.4, 0.5) is 5.69 Å². The number of benzene rings is 1. The van der Waals surface area contributed by atoms with Crippen LogP contribution >= 0.6 is 11.8 Å². The van der Waals surface area contributed by atoms with Gasteiger partial charge in [0.05, 0.1) is 22.8 Å². The summed E-state index contributed by atoms with van der Waals surface area (Å²) in [7, 11) is -3.66. The number of sulfone groups is 1. The minimum atomic E-state index is -3.66.